The number of rotatable bonds is 7. The Hall–Kier alpha value is -1.17. The first-order valence-electron chi connectivity index (χ1n) is 5.62. The van der Waals surface area contributed by atoms with E-state index in [1.165, 1.54) is 20.2 Å². The van der Waals surface area contributed by atoms with Gasteiger partial charge in [-0.15, -0.1) is 0 Å². The molecule has 0 saturated heterocycles. The third kappa shape index (κ3) is 4.44. The Bertz CT molecular complexity index is 650. The zero-order valence-electron chi connectivity index (χ0n) is 11.7. The maximum atomic E-state index is 11.7. The van der Waals surface area contributed by atoms with Crippen molar-refractivity contribution in [1.82, 2.24) is 14.2 Å². The molecule has 0 amide bonds. The first-order chi connectivity index (χ1) is 9.04. The van der Waals surface area contributed by atoms with Crippen molar-refractivity contribution in [3.8, 4) is 0 Å². The van der Waals surface area contributed by atoms with Gasteiger partial charge in [-0.1, -0.05) is 5.16 Å². The summed E-state index contributed by atoms with van der Waals surface area (Å²) < 4.78 is 55.5. The Balaban J connectivity index is 2.79. The average molecular weight is 326 g/mol. The second kappa shape index (κ2) is 6.08. The van der Waals surface area contributed by atoms with E-state index in [1.54, 1.807) is 6.92 Å². The number of hydrogen-bond acceptors (Lipinski definition) is 6. The molecule has 1 aromatic heterocycles. The van der Waals surface area contributed by atoms with Crippen LogP contribution in [0.1, 0.15) is 5.76 Å². The minimum Gasteiger partial charge on any atom is -0.360 e. The summed E-state index contributed by atoms with van der Waals surface area (Å²) in [7, 11) is -4.43. The Labute approximate surface area is 118 Å². The van der Waals surface area contributed by atoms with Gasteiger partial charge in [-0.2, -0.15) is 12.7 Å². The van der Waals surface area contributed by atoms with E-state index >= 15 is 0 Å². The van der Waals surface area contributed by atoms with Gasteiger partial charge < -0.3 is 4.52 Å². The monoisotopic (exact) mass is 326 g/mol. The van der Waals surface area contributed by atoms with Gasteiger partial charge in [0.2, 0.25) is 10.0 Å². The summed E-state index contributed by atoms with van der Waals surface area (Å²) in [6.07, 6.45) is 1.01. The number of nitrogens with zero attached hydrogens (tertiary/aromatic N) is 3. The third-order valence-electron chi connectivity index (χ3n) is 2.35. The minimum absolute atomic E-state index is 0.0838. The molecule has 0 bridgehead atoms. The molecule has 0 atom stereocenters. The highest BCUT2D eigenvalue weighted by Crippen LogP contribution is 2.16. The van der Waals surface area contributed by atoms with Crippen molar-refractivity contribution in [2.45, 2.75) is 6.92 Å². The second-order valence-electron chi connectivity index (χ2n) is 4.31. The zero-order chi connectivity index (χ0) is 15.6. The molecule has 11 heteroatoms. The van der Waals surface area contributed by atoms with Crippen molar-refractivity contribution in [3.05, 3.63) is 11.8 Å². The molecule has 0 saturated carbocycles. The van der Waals surface area contributed by atoms with Crippen molar-refractivity contribution in [3.63, 3.8) is 0 Å². The van der Waals surface area contributed by atoms with E-state index in [0.717, 1.165) is 14.9 Å². The Morgan fingerprint density at radius 2 is 1.90 bits per heavy atom. The van der Waals surface area contributed by atoms with E-state index in [4.69, 9.17) is 4.52 Å². The van der Waals surface area contributed by atoms with Gasteiger partial charge in [0.1, 0.15) is 5.76 Å². The van der Waals surface area contributed by atoms with Gasteiger partial charge in [-0.05, 0) is 6.92 Å². The van der Waals surface area contributed by atoms with Crippen LogP contribution >= 0.6 is 0 Å². The fraction of sp³-hybridized carbons (Fsp3) is 0.667. The quantitative estimate of drug-likeness (QED) is 0.698. The Morgan fingerprint density at radius 1 is 1.30 bits per heavy atom. The topological polar surface area (TPSA) is 113 Å². The molecule has 20 heavy (non-hydrogen) atoms. The lowest BCUT2D eigenvalue weighted by atomic mass is 10.5. The molecular weight excluding hydrogens is 308 g/mol. The van der Waals surface area contributed by atoms with Crippen molar-refractivity contribution >= 4 is 26.1 Å². The second-order valence-corrected chi connectivity index (χ2v) is 8.19. The summed E-state index contributed by atoms with van der Waals surface area (Å²) in [4.78, 5) is 0. The van der Waals surface area contributed by atoms with Crippen LogP contribution in [0.3, 0.4) is 0 Å². The highest BCUT2D eigenvalue weighted by atomic mass is 32.2. The van der Waals surface area contributed by atoms with Crippen LogP contribution in [0, 0.1) is 6.92 Å². The maximum Gasteiger partial charge on any atom is 0.278 e. The van der Waals surface area contributed by atoms with E-state index < -0.39 is 20.2 Å². The van der Waals surface area contributed by atoms with Crippen molar-refractivity contribution in [2.75, 3.05) is 37.7 Å². The Kier molecular flexibility index (Phi) is 5.13. The predicted octanol–water partition coefficient (Wildman–Crippen LogP) is -0.855. The van der Waals surface area contributed by atoms with Crippen LogP contribution in [0.25, 0.3) is 0 Å². The molecule has 1 rings (SSSR count). The minimum atomic E-state index is -3.60. The van der Waals surface area contributed by atoms with Crippen LogP contribution in [-0.4, -0.2) is 59.7 Å². The molecule has 0 unspecified atom stereocenters. The van der Waals surface area contributed by atoms with Crippen LogP contribution in [0.2, 0.25) is 0 Å². The molecule has 1 heterocycles. The number of aromatic nitrogens is 1. The number of anilines is 1. The summed E-state index contributed by atoms with van der Waals surface area (Å²) in [5.41, 5.74) is 0. The standard InChI is InChI=1S/C9H18N4O5S2/c1-8-7-9(11-18-8)13(19(4,14)15)6-5-10-20(16,17)12(2)3/h7,10H,5-6H2,1-4H3. The fourth-order valence-electron chi connectivity index (χ4n) is 1.33. The summed E-state index contributed by atoms with van der Waals surface area (Å²) in [5.74, 6) is 0.580. The number of nitrogens with one attached hydrogen (secondary N) is 1. The summed E-state index contributed by atoms with van der Waals surface area (Å²) in [6.45, 7) is 1.46. The van der Waals surface area contributed by atoms with Gasteiger partial charge >= 0.3 is 0 Å². The molecule has 0 aromatic carbocycles. The summed E-state index contributed by atoms with van der Waals surface area (Å²) in [5, 5.41) is 3.62. The van der Waals surface area contributed by atoms with Gasteiger partial charge in [0, 0.05) is 33.3 Å². The first-order valence-corrected chi connectivity index (χ1v) is 8.91. The zero-order valence-corrected chi connectivity index (χ0v) is 13.3. The average Bonchev–Trinajstić information content (AvgIpc) is 2.68. The van der Waals surface area contributed by atoms with Crippen LogP contribution in [0.15, 0.2) is 10.6 Å². The summed E-state index contributed by atoms with van der Waals surface area (Å²) in [6, 6.07) is 1.46. The summed E-state index contributed by atoms with van der Waals surface area (Å²) >= 11 is 0. The van der Waals surface area contributed by atoms with E-state index in [1.807, 2.05) is 0 Å². The smallest absolute Gasteiger partial charge is 0.278 e. The third-order valence-corrected chi connectivity index (χ3v) is 5.05. The van der Waals surface area contributed by atoms with Crippen LogP contribution in [0.4, 0.5) is 5.82 Å². The fourth-order valence-corrected chi connectivity index (χ4v) is 2.78. The molecule has 0 spiro atoms. The number of sulfonamides is 1. The van der Waals surface area contributed by atoms with E-state index in [9.17, 15) is 16.8 Å². The van der Waals surface area contributed by atoms with Crippen molar-refractivity contribution < 1.29 is 21.4 Å². The molecule has 0 aliphatic rings. The SMILES string of the molecule is Cc1cc(N(CCNS(=O)(=O)N(C)C)S(C)(=O)=O)no1. The van der Waals surface area contributed by atoms with Gasteiger partial charge in [0.25, 0.3) is 10.2 Å². The largest absolute Gasteiger partial charge is 0.360 e. The normalized spacial score (nSPS) is 12.8. The first kappa shape index (κ1) is 16.9. The van der Waals surface area contributed by atoms with Crippen LogP contribution in [-0.2, 0) is 20.2 Å². The van der Waals surface area contributed by atoms with Gasteiger partial charge in [-0.3, -0.25) is 0 Å². The molecule has 116 valence electrons. The molecule has 0 radical (unpaired) electrons. The van der Waals surface area contributed by atoms with Gasteiger partial charge in [0.05, 0.1) is 6.26 Å². The highest BCUT2D eigenvalue weighted by molar-refractivity contribution is 7.92. The number of hydrogen-bond donors (Lipinski definition) is 1. The van der Waals surface area contributed by atoms with Crippen LogP contribution in [0.5, 0.6) is 0 Å². The van der Waals surface area contributed by atoms with Crippen molar-refractivity contribution in [2.24, 2.45) is 0 Å². The lowest BCUT2D eigenvalue weighted by molar-refractivity contribution is 0.398. The lowest BCUT2D eigenvalue weighted by Gasteiger charge is -2.20. The highest BCUT2D eigenvalue weighted by Gasteiger charge is 2.21. The lowest BCUT2D eigenvalue weighted by Crippen LogP contribution is -2.42. The van der Waals surface area contributed by atoms with Gasteiger partial charge in [-0.25, -0.2) is 17.4 Å². The molecule has 0 aliphatic carbocycles. The van der Waals surface area contributed by atoms with Gasteiger partial charge in [0.15, 0.2) is 5.82 Å². The van der Waals surface area contributed by atoms with E-state index in [0.29, 0.717) is 5.76 Å². The molecule has 1 N–H and O–H groups in total. The maximum absolute atomic E-state index is 11.7. The Morgan fingerprint density at radius 3 is 2.30 bits per heavy atom. The molecular formula is C9H18N4O5S2. The number of aryl methyl sites for hydroxylation is 1. The van der Waals surface area contributed by atoms with Crippen LogP contribution < -0.4 is 9.03 Å². The molecule has 9 nitrogen and oxygen atoms in total. The molecule has 1 aromatic rings. The van der Waals surface area contributed by atoms with E-state index in [2.05, 4.69) is 9.88 Å². The van der Waals surface area contributed by atoms with E-state index in [-0.39, 0.29) is 18.9 Å². The van der Waals surface area contributed by atoms with Crippen molar-refractivity contribution in [1.29, 1.82) is 0 Å². The predicted molar refractivity (Wildman–Crippen MR) is 74.0 cm³/mol. The molecule has 0 aliphatic heterocycles. The molecule has 0 fully saturated rings.